The molecule has 6 heteroatoms. The molecule has 0 radical (unpaired) electrons. The molecule has 0 aliphatic heterocycles. The van der Waals surface area contributed by atoms with Crippen molar-refractivity contribution in [1.29, 1.82) is 0 Å². The maximum Gasteiger partial charge on any atom is 0.277 e. The first-order valence-corrected chi connectivity index (χ1v) is 7.27. The Morgan fingerprint density at radius 3 is 2.67 bits per heavy atom. The molecule has 0 spiro atoms. The predicted octanol–water partition coefficient (Wildman–Crippen LogP) is 3.63. The number of carbonyl (C=O) groups is 1. The fraction of sp³-hybridized carbons (Fsp3) is 0.0667. The molecule has 1 N–H and O–H groups in total. The number of ether oxygens (including phenoxy) is 1. The van der Waals surface area contributed by atoms with Crippen LogP contribution in [0.3, 0.4) is 0 Å². The number of benzene rings is 2. The van der Waals surface area contributed by atoms with Crippen LogP contribution in [0, 0.1) is 0 Å². The Balaban J connectivity index is 1.80. The summed E-state index contributed by atoms with van der Waals surface area (Å²) in [6, 6.07) is 14.4. The molecule has 0 saturated heterocycles. The number of para-hydroxylation sites is 1. The molecule has 0 aliphatic rings. The number of halogens is 2. The second-order valence-electron chi connectivity index (χ2n) is 4.06. The van der Waals surface area contributed by atoms with E-state index in [2.05, 4.69) is 26.5 Å². The van der Waals surface area contributed by atoms with E-state index in [1.165, 1.54) is 6.21 Å². The van der Waals surface area contributed by atoms with Crippen molar-refractivity contribution in [2.24, 2.45) is 5.10 Å². The van der Waals surface area contributed by atoms with E-state index < -0.39 is 0 Å². The average Bonchev–Trinajstić information content (AvgIpc) is 2.48. The van der Waals surface area contributed by atoms with Crippen molar-refractivity contribution in [3.8, 4) is 5.75 Å². The van der Waals surface area contributed by atoms with Crippen LogP contribution in [0.15, 0.2) is 58.1 Å². The summed E-state index contributed by atoms with van der Waals surface area (Å²) in [5, 5.41) is 4.50. The van der Waals surface area contributed by atoms with Crippen molar-refractivity contribution < 1.29 is 9.53 Å². The number of hydrazone groups is 1. The average molecular weight is 368 g/mol. The third kappa shape index (κ3) is 5.21. The van der Waals surface area contributed by atoms with Gasteiger partial charge in [0, 0.05) is 5.02 Å². The molecule has 0 aromatic heterocycles. The highest BCUT2D eigenvalue weighted by molar-refractivity contribution is 9.10. The molecular weight excluding hydrogens is 356 g/mol. The maximum absolute atomic E-state index is 11.6. The zero-order valence-electron chi connectivity index (χ0n) is 10.9. The summed E-state index contributed by atoms with van der Waals surface area (Å²) in [4.78, 5) is 11.6. The Kier molecular flexibility index (Phi) is 5.78. The second-order valence-corrected chi connectivity index (χ2v) is 5.35. The largest absolute Gasteiger partial charge is 0.483 e. The summed E-state index contributed by atoms with van der Waals surface area (Å²) in [7, 11) is 0. The van der Waals surface area contributed by atoms with E-state index in [9.17, 15) is 4.79 Å². The number of rotatable bonds is 5. The van der Waals surface area contributed by atoms with Gasteiger partial charge < -0.3 is 4.74 Å². The lowest BCUT2D eigenvalue weighted by molar-refractivity contribution is -0.123. The number of hydrogen-bond acceptors (Lipinski definition) is 3. The van der Waals surface area contributed by atoms with Crippen LogP contribution in [0.25, 0.3) is 0 Å². The van der Waals surface area contributed by atoms with Gasteiger partial charge in [-0.2, -0.15) is 5.10 Å². The SMILES string of the molecule is O=C(COc1ccccc1Br)N/N=C/c1ccc(Cl)cc1. The summed E-state index contributed by atoms with van der Waals surface area (Å²) < 4.78 is 6.16. The van der Waals surface area contributed by atoms with Crippen LogP contribution in [-0.4, -0.2) is 18.7 Å². The number of nitrogens with zero attached hydrogens (tertiary/aromatic N) is 1. The molecule has 0 bridgehead atoms. The highest BCUT2D eigenvalue weighted by Gasteiger charge is 2.03. The molecule has 0 aliphatic carbocycles. The van der Waals surface area contributed by atoms with Crippen LogP contribution < -0.4 is 10.2 Å². The van der Waals surface area contributed by atoms with Crippen LogP contribution in [0.2, 0.25) is 5.02 Å². The Labute approximate surface area is 135 Å². The van der Waals surface area contributed by atoms with Gasteiger partial charge in [0.15, 0.2) is 6.61 Å². The van der Waals surface area contributed by atoms with Crippen molar-refractivity contribution >= 4 is 39.7 Å². The number of amides is 1. The second kappa shape index (κ2) is 7.81. The predicted molar refractivity (Wildman–Crippen MR) is 86.8 cm³/mol. The Morgan fingerprint density at radius 1 is 1.24 bits per heavy atom. The lowest BCUT2D eigenvalue weighted by Gasteiger charge is -2.06. The van der Waals surface area contributed by atoms with Crippen molar-refractivity contribution in [1.82, 2.24) is 5.43 Å². The van der Waals surface area contributed by atoms with Crippen LogP contribution in [0.1, 0.15) is 5.56 Å². The molecule has 0 unspecified atom stereocenters. The molecule has 0 atom stereocenters. The van der Waals surface area contributed by atoms with E-state index in [1.807, 2.05) is 18.2 Å². The van der Waals surface area contributed by atoms with Crippen molar-refractivity contribution in [3.63, 3.8) is 0 Å². The molecule has 1 amide bonds. The van der Waals surface area contributed by atoms with Gasteiger partial charge in [-0.15, -0.1) is 0 Å². The molecule has 2 aromatic carbocycles. The minimum Gasteiger partial charge on any atom is -0.483 e. The highest BCUT2D eigenvalue weighted by atomic mass is 79.9. The van der Waals surface area contributed by atoms with Crippen molar-refractivity contribution in [3.05, 3.63) is 63.6 Å². The third-order valence-electron chi connectivity index (χ3n) is 2.47. The monoisotopic (exact) mass is 366 g/mol. The van der Waals surface area contributed by atoms with E-state index in [4.69, 9.17) is 16.3 Å². The van der Waals surface area contributed by atoms with Gasteiger partial charge in [0.1, 0.15) is 5.75 Å². The number of nitrogens with one attached hydrogen (secondary N) is 1. The van der Waals surface area contributed by atoms with Gasteiger partial charge in [0.2, 0.25) is 0 Å². The molecular formula is C15H12BrClN2O2. The van der Waals surface area contributed by atoms with Crippen LogP contribution in [-0.2, 0) is 4.79 Å². The fourth-order valence-corrected chi connectivity index (χ4v) is 1.99. The van der Waals surface area contributed by atoms with Gasteiger partial charge in [-0.1, -0.05) is 35.9 Å². The minimum absolute atomic E-state index is 0.111. The Morgan fingerprint density at radius 2 is 1.95 bits per heavy atom. The Hall–Kier alpha value is -1.85. The van der Waals surface area contributed by atoms with E-state index in [0.29, 0.717) is 10.8 Å². The summed E-state index contributed by atoms with van der Waals surface area (Å²) in [6.45, 7) is -0.111. The minimum atomic E-state index is -0.337. The van der Waals surface area contributed by atoms with Gasteiger partial charge in [0.25, 0.3) is 5.91 Å². The van der Waals surface area contributed by atoms with E-state index in [1.54, 1.807) is 30.3 Å². The first kappa shape index (κ1) is 15.5. The van der Waals surface area contributed by atoms with Gasteiger partial charge in [-0.3, -0.25) is 4.79 Å². The molecule has 21 heavy (non-hydrogen) atoms. The van der Waals surface area contributed by atoms with Crippen molar-refractivity contribution in [2.45, 2.75) is 0 Å². The molecule has 4 nitrogen and oxygen atoms in total. The lowest BCUT2D eigenvalue weighted by atomic mass is 10.2. The van der Waals surface area contributed by atoms with E-state index in [-0.39, 0.29) is 12.5 Å². The number of carbonyl (C=O) groups excluding carboxylic acids is 1. The fourth-order valence-electron chi connectivity index (χ4n) is 1.47. The zero-order chi connectivity index (χ0) is 15.1. The molecule has 108 valence electrons. The standard InChI is InChI=1S/C15H12BrClN2O2/c16-13-3-1-2-4-14(13)21-10-15(20)19-18-9-11-5-7-12(17)8-6-11/h1-9H,10H2,(H,19,20)/b18-9+. The lowest BCUT2D eigenvalue weighted by Crippen LogP contribution is -2.24. The number of hydrogen-bond donors (Lipinski definition) is 1. The quantitative estimate of drug-likeness (QED) is 0.648. The molecule has 0 saturated carbocycles. The van der Waals surface area contributed by atoms with Gasteiger partial charge in [-0.25, -0.2) is 5.43 Å². The first-order valence-electron chi connectivity index (χ1n) is 6.10. The van der Waals surface area contributed by atoms with Crippen molar-refractivity contribution in [2.75, 3.05) is 6.61 Å². The molecule has 0 heterocycles. The summed E-state index contributed by atoms with van der Waals surface area (Å²) >= 11 is 9.11. The summed E-state index contributed by atoms with van der Waals surface area (Å²) in [5.74, 6) is 0.269. The maximum atomic E-state index is 11.6. The molecule has 2 rings (SSSR count). The van der Waals surface area contributed by atoms with Crippen LogP contribution in [0.5, 0.6) is 5.75 Å². The summed E-state index contributed by atoms with van der Waals surface area (Å²) in [5.41, 5.74) is 3.23. The highest BCUT2D eigenvalue weighted by Crippen LogP contribution is 2.23. The Bertz CT molecular complexity index is 644. The molecule has 2 aromatic rings. The third-order valence-corrected chi connectivity index (χ3v) is 3.38. The van der Waals surface area contributed by atoms with E-state index in [0.717, 1.165) is 10.0 Å². The van der Waals surface area contributed by atoms with Gasteiger partial charge in [0.05, 0.1) is 10.7 Å². The first-order chi connectivity index (χ1) is 10.1. The normalized spacial score (nSPS) is 10.6. The zero-order valence-corrected chi connectivity index (χ0v) is 13.3. The smallest absolute Gasteiger partial charge is 0.277 e. The van der Waals surface area contributed by atoms with E-state index >= 15 is 0 Å². The topological polar surface area (TPSA) is 50.7 Å². The van der Waals surface area contributed by atoms with Gasteiger partial charge >= 0.3 is 0 Å². The molecule has 0 fully saturated rings. The summed E-state index contributed by atoms with van der Waals surface area (Å²) in [6.07, 6.45) is 1.53. The van der Waals surface area contributed by atoms with Gasteiger partial charge in [-0.05, 0) is 45.8 Å². The van der Waals surface area contributed by atoms with Crippen LogP contribution in [0.4, 0.5) is 0 Å². The van der Waals surface area contributed by atoms with Crippen LogP contribution >= 0.6 is 27.5 Å².